The first-order valence-electron chi connectivity index (χ1n) is 6.39. The molecule has 98 valence electrons. The molecule has 0 spiro atoms. The molecule has 1 aromatic heterocycles. The summed E-state index contributed by atoms with van der Waals surface area (Å²) in [6.07, 6.45) is 0. The predicted molar refractivity (Wildman–Crippen MR) is 80.6 cm³/mol. The quantitative estimate of drug-likeness (QED) is 0.705. The molecule has 0 fully saturated rings. The van der Waals surface area contributed by atoms with Crippen LogP contribution in [0.4, 0.5) is 0 Å². The fourth-order valence-electron chi connectivity index (χ4n) is 2.37. The molecule has 0 bridgehead atoms. The van der Waals surface area contributed by atoms with Gasteiger partial charge in [-0.05, 0) is 37.3 Å². The van der Waals surface area contributed by atoms with E-state index in [1.165, 1.54) is 0 Å². The molecular formula is C16H12ClN3. The van der Waals surface area contributed by atoms with E-state index in [1.54, 1.807) is 0 Å². The van der Waals surface area contributed by atoms with E-state index >= 15 is 0 Å². The Labute approximate surface area is 122 Å². The molecule has 3 rings (SSSR count). The highest BCUT2D eigenvalue weighted by Gasteiger charge is 2.12. The first-order valence-corrected chi connectivity index (χ1v) is 6.77. The maximum Gasteiger partial charge on any atom is 0.141 e. The van der Waals surface area contributed by atoms with Crippen molar-refractivity contribution in [3.05, 3.63) is 53.1 Å². The van der Waals surface area contributed by atoms with Gasteiger partial charge in [-0.3, -0.25) is 0 Å². The van der Waals surface area contributed by atoms with Crippen molar-refractivity contribution >= 4 is 22.6 Å². The molecule has 0 unspecified atom stereocenters. The third-order valence-corrected chi connectivity index (χ3v) is 3.51. The predicted octanol–water partition coefficient (Wildman–Crippen LogP) is 4.25. The van der Waals surface area contributed by atoms with E-state index in [9.17, 15) is 0 Å². The van der Waals surface area contributed by atoms with Crippen LogP contribution in [-0.2, 0) is 6.54 Å². The van der Waals surface area contributed by atoms with Gasteiger partial charge in [0.1, 0.15) is 5.82 Å². The van der Waals surface area contributed by atoms with Crippen LogP contribution in [-0.4, -0.2) is 9.55 Å². The van der Waals surface area contributed by atoms with E-state index in [1.807, 2.05) is 42.5 Å². The third kappa shape index (κ3) is 2.04. The number of nitriles is 1. The molecule has 0 N–H and O–H groups in total. The Morgan fingerprint density at radius 3 is 2.80 bits per heavy atom. The van der Waals surface area contributed by atoms with Crippen molar-refractivity contribution in [2.45, 2.75) is 13.5 Å². The highest BCUT2D eigenvalue weighted by Crippen LogP contribution is 2.27. The van der Waals surface area contributed by atoms with E-state index in [0.29, 0.717) is 10.6 Å². The number of rotatable bonds is 2. The topological polar surface area (TPSA) is 41.6 Å². The highest BCUT2D eigenvalue weighted by molar-refractivity contribution is 6.30. The molecule has 3 aromatic rings. The maximum absolute atomic E-state index is 8.98. The number of aryl methyl sites for hydroxylation is 1. The lowest BCUT2D eigenvalue weighted by Crippen LogP contribution is -1.97. The minimum atomic E-state index is 0.621. The van der Waals surface area contributed by atoms with Gasteiger partial charge in [0.2, 0.25) is 0 Å². The molecule has 1 heterocycles. The van der Waals surface area contributed by atoms with Crippen molar-refractivity contribution < 1.29 is 0 Å². The first kappa shape index (κ1) is 12.7. The summed E-state index contributed by atoms with van der Waals surface area (Å²) in [4.78, 5) is 4.66. The monoisotopic (exact) mass is 281 g/mol. The number of halogens is 1. The average Bonchev–Trinajstić information content (AvgIpc) is 2.84. The van der Waals surface area contributed by atoms with E-state index in [-0.39, 0.29) is 0 Å². The molecule has 0 aliphatic rings. The summed E-state index contributed by atoms with van der Waals surface area (Å²) in [5.41, 5.74) is 3.47. The average molecular weight is 282 g/mol. The van der Waals surface area contributed by atoms with E-state index in [4.69, 9.17) is 16.9 Å². The Kier molecular flexibility index (Phi) is 3.17. The largest absolute Gasteiger partial charge is 0.324 e. The zero-order valence-electron chi connectivity index (χ0n) is 11.0. The number of fused-ring (bicyclic) bond motifs is 1. The first-order chi connectivity index (χ1) is 9.72. The van der Waals surface area contributed by atoms with Crippen molar-refractivity contribution in [2.24, 2.45) is 0 Å². The van der Waals surface area contributed by atoms with Crippen LogP contribution in [0.3, 0.4) is 0 Å². The van der Waals surface area contributed by atoms with Crippen molar-refractivity contribution in [3.63, 3.8) is 0 Å². The Hall–Kier alpha value is -2.31. The molecule has 0 atom stereocenters. The second kappa shape index (κ2) is 4.99. The number of hydrogen-bond donors (Lipinski definition) is 0. The Morgan fingerprint density at radius 1 is 1.25 bits per heavy atom. The SMILES string of the molecule is CCn1c(-c2cccc(Cl)c2)nc2cc(C#N)ccc21. The molecule has 0 radical (unpaired) electrons. The Bertz CT molecular complexity index is 827. The van der Waals surface area contributed by atoms with E-state index in [2.05, 4.69) is 22.5 Å². The standard InChI is InChI=1S/C16H12ClN3/c1-2-20-15-7-6-11(10-18)8-14(15)19-16(20)12-4-3-5-13(17)9-12/h3-9H,2H2,1H3. The zero-order valence-corrected chi connectivity index (χ0v) is 11.7. The van der Waals surface area contributed by atoms with Gasteiger partial charge in [0.15, 0.2) is 0 Å². The lowest BCUT2D eigenvalue weighted by molar-refractivity contribution is 0.796. The summed E-state index contributed by atoms with van der Waals surface area (Å²) in [5.74, 6) is 0.875. The minimum Gasteiger partial charge on any atom is -0.324 e. The Balaban J connectivity index is 2.28. The molecule has 3 nitrogen and oxygen atoms in total. The van der Waals surface area contributed by atoms with Gasteiger partial charge in [0.05, 0.1) is 22.7 Å². The summed E-state index contributed by atoms with van der Waals surface area (Å²) in [7, 11) is 0. The second-order valence-electron chi connectivity index (χ2n) is 4.51. The van der Waals surface area contributed by atoms with Crippen LogP contribution >= 0.6 is 11.6 Å². The van der Waals surface area contributed by atoms with Gasteiger partial charge in [0.25, 0.3) is 0 Å². The minimum absolute atomic E-state index is 0.621. The normalized spacial score (nSPS) is 10.7. The van der Waals surface area contributed by atoms with E-state index in [0.717, 1.165) is 29.0 Å². The van der Waals surface area contributed by atoms with Crippen LogP contribution in [0, 0.1) is 11.3 Å². The van der Waals surface area contributed by atoms with Crippen molar-refractivity contribution in [1.82, 2.24) is 9.55 Å². The van der Waals surface area contributed by atoms with Gasteiger partial charge in [-0.2, -0.15) is 5.26 Å². The highest BCUT2D eigenvalue weighted by atomic mass is 35.5. The molecule has 20 heavy (non-hydrogen) atoms. The van der Waals surface area contributed by atoms with Gasteiger partial charge in [-0.15, -0.1) is 0 Å². The van der Waals surface area contributed by atoms with Gasteiger partial charge in [-0.1, -0.05) is 23.7 Å². The van der Waals surface area contributed by atoms with Gasteiger partial charge >= 0.3 is 0 Å². The fourth-order valence-corrected chi connectivity index (χ4v) is 2.56. The van der Waals surface area contributed by atoms with Crippen molar-refractivity contribution in [3.8, 4) is 17.5 Å². The van der Waals surface area contributed by atoms with Crippen molar-refractivity contribution in [1.29, 1.82) is 5.26 Å². The molecule has 0 amide bonds. The van der Waals surface area contributed by atoms with Crippen LogP contribution in [0.15, 0.2) is 42.5 Å². The second-order valence-corrected chi connectivity index (χ2v) is 4.94. The van der Waals surface area contributed by atoms with Gasteiger partial charge in [-0.25, -0.2) is 4.98 Å². The smallest absolute Gasteiger partial charge is 0.141 e. The number of aromatic nitrogens is 2. The van der Waals surface area contributed by atoms with Crippen LogP contribution in [0.5, 0.6) is 0 Å². The van der Waals surface area contributed by atoms with Gasteiger partial charge in [0, 0.05) is 17.1 Å². The lowest BCUT2D eigenvalue weighted by Gasteiger charge is -2.06. The number of benzene rings is 2. The number of nitrogens with zero attached hydrogens (tertiary/aromatic N) is 3. The van der Waals surface area contributed by atoms with Crippen LogP contribution in [0.25, 0.3) is 22.4 Å². The summed E-state index contributed by atoms with van der Waals surface area (Å²) in [6, 6.07) is 15.4. The van der Waals surface area contributed by atoms with Crippen LogP contribution in [0.2, 0.25) is 5.02 Å². The third-order valence-electron chi connectivity index (χ3n) is 3.28. The maximum atomic E-state index is 8.98. The molecule has 2 aromatic carbocycles. The molecular weight excluding hydrogens is 270 g/mol. The fraction of sp³-hybridized carbons (Fsp3) is 0.125. The summed E-state index contributed by atoms with van der Waals surface area (Å²) < 4.78 is 2.13. The summed E-state index contributed by atoms with van der Waals surface area (Å²) in [5, 5.41) is 9.67. The van der Waals surface area contributed by atoms with E-state index < -0.39 is 0 Å². The van der Waals surface area contributed by atoms with Crippen LogP contribution < -0.4 is 0 Å². The molecule has 0 saturated carbocycles. The van der Waals surface area contributed by atoms with Crippen LogP contribution in [0.1, 0.15) is 12.5 Å². The zero-order chi connectivity index (χ0) is 14.1. The molecule has 0 aliphatic carbocycles. The summed E-state index contributed by atoms with van der Waals surface area (Å²) >= 11 is 6.06. The molecule has 0 saturated heterocycles. The molecule has 4 heteroatoms. The number of imidazole rings is 1. The molecule has 0 aliphatic heterocycles. The number of hydrogen-bond acceptors (Lipinski definition) is 2. The van der Waals surface area contributed by atoms with Crippen molar-refractivity contribution in [2.75, 3.05) is 0 Å². The van der Waals surface area contributed by atoms with Gasteiger partial charge < -0.3 is 4.57 Å². The Morgan fingerprint density at radius 2 is 2.10 bits per heavy atom. The summed E-state index contributed by atoms with van der Waals surface area (Å²) in [6.45, 7) is 2.89. The lowest BCUT2D eigenvalue weighted by atomic mass is 10.2.